The molecule has 1 fully saturated rings. The minimum Gasteiger partial charge on any atom is -0.462 e. The number of benzene rings is 1. The van der Waals surface area contributed by atoms with Crippen molar-refractivity contribution in [3.63, 3.8) is 0 Å². The molecule has 0 radical (unpaired) electrons. The van der Waals surface area contributed by atoms with E-state index < -0.39 is 17.1 Å². The van der Waals surface area contributed by atoms with Gasteiger partial charge in [-0.3, -0.25) is 19.3 Å². The lowest BCUT2D eigenvalue weighted by Crippen LogP contribution is -2.35. The number of ether oxygens (including phenoxy) is 1. The van der Waals surface area contributed by atoms with Gasteiger partial charge in [0, 0.05) is 0 Å². The number of allylic oxidation sites excluding steroid dienone is 2. The first-order valence-corrected chi connectivity index (χ1v) is 7.95. The maximum absolute atomic E-state index is 12.2. The molecule has 2 amide bonds. The van der Waals surface area contributed by atoms with Crippen LogP contribution in [0.5, 0.6) is 0 Å². The van der Waals surface area contributed by atoms with Gasteiger partial charge < -0.3 is 4.74 Å². The van der Waals surface area contributed by atoms with Crippen LogP contribution in [0, 0.1) is 0 Å². The van der Waals surface area contributed by atoms with Crippen molar-refractivity contribution in [3.05, 3.63) is 53.0 Å². The van der Waals surface area contributed by atoms with Crippen LogP contribution in [0.1, 0.15) is 19.4 Å². The summed E-state index contributed by atoms with van der Waals surface area (Å²) in [7, 11) is 0. The second-order valence-electron chi connectivity index (χ2n) is 5.10. The van der Waals surface area contributed by atoms with E-state index in [1.807, 2.05) is 36.4 Å². The first-order chi connectivity index (χ1) is 11.0. The molecule has 5 nitrogen and oxygen atoms in total. The zero-order valence-corrected chi connectivity index (χ0v) is 13.7. The van der Waals surface area contributed by atoms with Crippen LogP contribution < -0.4 is 0 Å². The summed E-state index contributed by atoms with van der Waals surface area (Å²) in [5, 5.41) is -0.463. The van der Waals surface area contributed by atoms with Crippen molar-refractivity contribution in [2.24, 2.45) is 0 Å². The Kier molecular flexibility index (Phi) is 5.76. The maximum Gasteiger partial charge on any atom is 0.326 e. The number of hydrogen-bond acceptors (Lipinski definition) is 5. The molecule has 1 heterocycles. The smallest absolute Gasteiger partial charge is 0.326 e. The molecule has 1 saturated heterocycles. The maximum atomic E-state index is 12.2. The number of hydrogen-bond donors (Lipinski definition) is 0. The molecule has 0 spiro atoms. The third kappa shape index (κ3) is 4.82. The molecule has 0 unspecified atom stereocenters. The molecule has 0 aliphatic carbocycles. The van der Waals surface area contributed by atoms with Gasteiger partial charge in [-0.05, 0) is 37.2 Å². The first kappa shape index (κ1) is 17.0. The molecule has 1 aromatic rings. The van der Waals surface area contributed by atoms with Crippen molar-refractivity contribution in [3.8, 4) is 0 Å². The Morgan fingerprint density at radius 3 is 2.61 bits per heavy atom. The molecule has 0 saturated carbocycles. The third-order valence-electron chi connectivity index (χ3n) is 2.86. The highest BCUT2D eigenvalue weighted by molar-refractivity contribution is 8.18. The SMILES string of the molecule is CC(C)OC(=O)CN1C(=O)S/C(=C\C=C\c2ccccc2)C1=O. The zero-order valence-electron chi connectivity index (χ0n) is 12.9. The summed E-state index contributed by atoms with van der Waals surface area (Å²) in [4.78, 5) is 36.8. The molecule has 23 heavy (non-hydrogen) atoms. The molecule has 6 heteroatoms. The van der Waals surface area contributed by atoms with Crippen molar-refractivity contribution in [2.75, 3.05) is 6.54 Å². The Morgan fingerprint density at radius 1 is 1.26 bits per heavy atom. The number of carbonyl (C=O) groups excluding carboxylic acids is 3. The van der Waals surface area contributed by atoms with Gasteiger partial charge >= 0.3 is 5.97 Å². The van der Waals surface area contributed by atoms with E-state index in [9.17, 15) is 14.4 Å². The highest BCUT2D eigenvalue weighted by atomic mass is 32.2. The molecule has 1 aromatic carbocycles. The predicted octanol–water partition coefficient (Wildman–Crippen LogP) is 3.23. The molecule has 1 aliphatic heterocycles. The zero-order chi connectivity index (χ0) is 16.8. The Labute approximate surface area is 139 Å². The van der Waals surface area contributed by atoms with E-state index in [0.717, 1.165) is 22.2 Å². The summed E-state index contributed by atoms with van der Waals surface area (Å²) in [6.45, 7) is 3.06. The van der Waals surface area contributed by atoms with Crippen LogP contribution in [-0.4, -0.2) is 34.7 Å². The number of carbonyl (C=O) groups is 3. The molecule has 120 valence electrons. The van der Waals surface area contributed by atoms with Gasteiger partial charge in [0.2, 0.25) is 0 Å². The van der Waals surface area contributed by atoms with Gasteiger partial charge in [0.15, 0.2) is 0 Å². The highest BCUT2D eigenvalue weighted by Gasteiger charge is 2.36. The van der Waals surface area contributed by atoms with Gasteiger partial charge in [-0.1, -0.05) is 42.5 Å². The summed E-state index contributed by atoms with van der Waals surface area (Å²) in [6.07, 6.45) is 4.83. The van der Waals surface area contributed by atoms with E-state index in [-0.39, 0.29) is 12.6 Å². The molecular weight excluding hydrogens is 314 g/mol. The second-order valence-corrected chi connectivity index (χ2v) is 6.09. The highest BCUT2D eigenvalue weighted by Crippen LogP contribution is 2.30. The van der Waals surface area contributed by atoms with Crippen molar-refractivity contribution in [2.45, 2.75) is 20.0 Å². The van der Waals surface area contributed by atoms with E-state index in [1.54, 1.807) is 26.0 Å². The van der Waals surface area contributed by atoms with Crippen LogP contribution in [-0.2, 0) is 14.3 Å². The molecule has 2 rings (SSSR count). The molecule has 0 bridgehead atoms. The fourth-order valence-electron chi connectivity index (χ4n) is 1.89. The number of rotatable bonds is 5. The quantitative estimate of drug-likeness (QED) is 0.612. The van der Waals surface area contributed by atoms with E-state index in [0.29, 0.717) is 4.91 Å². The topological polar surface area (TPSA) is 63.7 Å². The predicted molar refractivity (Wildman–Crippen MR) is 89.5 cm³/mol. The third-order valence-corrected chi connectivity index (χ3v) is 3.79. The Morgan fingerprint density at radius 2 is 1.96 bits per heavy atom. The minimum absolute atomic E-state index is 0.285. The van der Waals surface area contributed by atoms with Crippen molar-refractivity contribution in [1.82, 2.24) is 4.90 Å². The summed E-state index contributed by atoms with van der Waals surface area (Å²) in [6, 6.07) is 9.59. The number of thioether (sulfide) groups is 1. The van der Waals surface area contributed by atoms with Gasteiger partial charge in [0.25, 0.3) is 11.1 Å². The van der Waals surface area contributed by atoms with Crippen molar-refractivity contribution >= 4 is 35.0 Å². The normalized spacial score (nSPS) is 16.8. The van der Waals surface area contributed by atoms with Gasteiger partial charge in [0.1, 0.15) is 6.54 Å². The average molecular weight is 331 g/mol. The fourth-order valence-corrected chi connectivity index (χ4v) is 2.68. The largest absolute Gasteiger partial charge is 0.462 e. The van der Waals surface area contributed by atoms with Crippen LogP contribution >= 0.6 is 11.8 Å². The van der Waals surface area contributed by atoms with Crippen molar-refractivity contribution in [1.29, 1.82) is 0 Å². The Hall–Kier alpha value is -2.34. The Balaban J connectivity index is 2.01. The van der Waals surface area contributed by atoms with E-state index >= 15 is 0 Å². The summed E-state index contributed by atoms with van der Waals surface area (Å²) in [5.41, 5.74) is 0.989. The standard InChI is InChI=1S/C17H17NO4S/c1-12(2)22-15(19)11-18-16(20)14(23-17(18)21)10-6-9-13-7-4-3-5-8-13/h3-10,12H,11H2,1-2H3/b9-6+,14-10-. The van der Waals surface area contributed by atoms with Gasteiger partial charge in [-0.2, -0.15) is 0 Å². The van der Waals surface area contributed by atoms with Gasteiger partial charge in [0.05, 0.1) is 11.0 Å². The molecule has 1 aliphatic rings. The molecule has 0 N–H and O–H groups in total. The average Bonchev–Trinajstić information content (AvgIpc) is 2.75. The summed E-state index contributed by atoms with van der Waals surface area (Å²) >= 11 is 0.817. The van der Waals surface area contributed by atoms with Crippen LogP contribution in [0.3, 0.4) is 0 Å². The van der Waals surface area contributed by atoms with Crippen molar-refractivity contribution < 1.29 is 19.1 Å². The number of nitrogens with zero attached hydrogens (tertiary/aromatic N) is 1. The lowest BCUT2D eigenvalue weighted by Gasteiger charge is -2.13. The van der Waals surface area contributed by atoms with Crippen LogP contribution in [0.4, 0.5) is 4.79 Å². The molecular formula is C17H17NO4S. The lowest BCUT2D eigenvalue weighted by atomic mass is 10.2. The summed E-state index contributed by atoms with van der Waals surface area (Å²) < 4.78 is 4.96. The van der Waals surface area contributed by atoms with Gasteiger partial charge in [-0.25, -0.2) is 0 Å². The lowest BCUT2D eigenvalue weighted by molar-refractivity contribution is -0.149. The van der Waals surface area contributed by atoms with E-state index in [4.69, 9.17) is 4.74 Å². The van der Waals surface area contributed by atoms with Crippen LogP contribution in [0.2, 0.25) is 0 Å². The molecule has 0 atom stereocenters. The van der Waals surface area contributed by atoms with Crippen LogP contribution in [0.25, 0.3) is 6.08 Å². The van der Waals surface area contributed by atoms with E-state index in [1.165, 1.54) is 0 Å². The first-order valence-electron chi connectivity index (χ1n) is 7.14. The molecule has 0 aromatic heterocycles. The summed E-state index contributed by atoms with van der Waals surface area (Å²) in [5.74, 6) is -1.07. The van der Waals surface area contributed by atoms with E-state index in [2.05, 4.69) is 0 Å². The minimum atomic E-state index is -0.594. The number of esters is 1. The fraction of sp³-hybridized carbons (Fsp3) is 0.235. The number of imide groups is 1. The monoisotopic (exact) mass is 331 g/mol. The Bertz CT molecular complexity index is 664. The van der Waals surface area contributed by atoms with Crippen LogP contribution in [0.15, 0.2) is 47.4 Å². The van der Waals surface area contributed by atoms with Gasteiger partial charge in [-0.15, -0.1) is 0 Å². The second kappa shape index (κ2) is 7.78. The number of amides is 2.